The third-order valence-corrected chi connectivity index (χ3v) is 4.65. The lowest BCUT2D eigenvalue weighted by Crippen LogP contribution is -2.57. The van der Waals surface area contributed by atoms with Gasteiger partial charge in [-0.1, -0.05) is 26.2 Å². The summed E-state index contributed by atoms with van der Waals surface area (Å²) < 4.78 is 9.85. The minimum Gasteiger partial charge on any atom is -0.467 e. The van der Waals surface area contributed by atoms with E-state index >= 15 is 0 Å². The van der Waals surface area contributed by atoms with E-state index in [1.807, 2.05) is 0 Å². The van der Waals surface area contributed by atoms with E-state index in [-0.39, 0.29) is 18.4 Å². The van der Waals surface area contributed by atoms with Gasteiger partial charge >= 0.3 is 5.97 Å². The number of ether oxygens (including phenoxy) is 2. The Labute approximate surface area is 134 Å². The highest BCUT2D eigenvalue weighted by Gasteiger charge is 2.38. The maximum Gasteiger partial charge on any atom is 0.333 e. The average molecular weight is 313 g/mol. The quantitative estimate of drug-likeness (QED) is 0.700. The summed E-state index contributed by atoms with van der Waals surface area (Å²) >= 11 is 0. The molecular weight excluding hydrogens is 282 g/mol. The van der Waals surface area contributed by atoms with Crippen LogP contribution in [0.1, 0.15) is 58.8 Å². The van der Waals surface area contributed by atoms with Gasteiger partial charge in [-0.15, -0.1) is 0 Å². The van der Waals surface area contributed by atoms with Crippen molar-refractivity contribution in [3.05, 3.63) is 0 Å². The Morgan fingerprint density at radius 2 is 1.82 bits per heavy atom. The van der Waals surface area contributed by atoms with Crippen molar-refractivity contribution >= 4 is 11.9 Å². The molecule has 5 nitrogen and oxygen atoms in total. The van der Waals surface area contributed by atoms with E-state index in [1.165, 1.54) is 33.5 Å². The predicted molar refractivity (Wildman–Crippen MR) is 85.4 cm³/mol. The number of rotatable bonds is 8. The molecule has 0 aromatic carbocycles. The van der Waals surface area contributed by atoms with Gasteiger partial charge < -0.3 is 14.8 Å². The van der Waals surface area contributed by atoms with E-state index in [0.717, 1.165) is 31.6 Å². The smallest absolute Gasteiger partial charge is 0.333 e. The van der Waals surface area contributed by atoms with Crippen LogP contribution < -0.4 is 5.32 Å². The van der Waals surface area contributed by atoms with Crippen LogP contribution in [-0.4, -0.2) is 38.2 Å². The zero-order chi connectivity index (χ0) is 16.6. The number of esters is 1. The molecule has 0 aromatic rings. The standard InChI is InChI=1S/C17H31NO4/c1-5-6-7-13-8-10-14(11-9-13)15(19)18-17(2,12-21-3)16(20)22-4/h13-14H,5-12H2,1-4H3,(H,18,19). The largest absolute Gasteiger partial charge is 0.467 e. The first-order chi connectivity index (χ1) is 10.5. The molecule has 0 aliphatic heterocycles. The molecule has 0 radical (unpaired) electrons. The Bertz CT molecular complexity index is 364. The van der Waals surface area contributed by atoms with E-state index in [4.69, 9.17) is 9.47 Å². The van der Waals surface area contributed by atoms with Crippen molar-refractivity contribution in [2.45, 2.75) is 64.3 Å². The Balaban J connectivity index is 2.52. The monoisotopic (exact) mass is 313 g/mol. The summed E-state index contributed by atoms with van der Waals surface area (Å²) in [5, 5.41) is 2.83. The van der Waals surface area contributed by atoms with E-state index in [2.05, 4.69) is 12.2 Å². The maximum atomic E-state index is 12.5. The van der Waals surface area contributed by atoms with Crippen molar-refractivity contribution in [1.82, 2.24) is 5.32 Å². The molecule has 1 fully saturated rings. The van der Waals surface area contributed by atoms with Gasteiger partial charge in [0.25, 0.3) is 0 Å². The fourth-order valence-electron chi connectivity index (χ4n) is 3.24. The number of methoxy groups -OCH3 is 2. The molecule has 1 unspecified atom stereocenters. The van der Waals surface area contributed by atoms with Gasteiger partial charge in [0.15, 0.2) is 5.54 Å². The molecule has 0 saturated heterocycles. The molecule has 128 valence electrons. The van der Waals surface area contributed by atoms with Crippen LogP contribution >= 0.6 is 0 Å². The third kappa shape index (κ3) is 5.27. The van der Waals surface area contributed by atoms with Gasteiger partial charge in [0, 0.05) is 13.0 Å². The highest BCUT2D eigenvalue weighted by atomic mass is 16.5. The molecule has 1 rings (SSSR count). The maximum absolute atomic E-state index is 12.5. The van der Waals surface area contributed by atoms with Crippen LogP contribution in [0.5, 0.6) is 0 Å². The van der Waals surface area contributed by atoms with Gasteiger partial charge in [0.05, 0.1) is 13.7 Å². The minimum atomic E-state index is -1.11. The molecule has 22 heavy (non-hydrogen) atoms. The highest BCUT2D eigenvalue weighted by molar-refractivity contribution is 5.88. The van der Waals surface area contributed by atoms with Crippen LogP contribution in [0.4, 0.5) is 0 Å². The normalized spacial score (nSPS) is 24.4. The number of amides is 1. The van der Waals surface area contributed by atoms with Crippen molar-refractivity contribution in [1.29, 1.82) is 0 Å². The van der Waals surface area contributed by atoms with Crippen molar-refractivity contribution in [3.8, 4) is 0 Å². The first-order valence-electron chi connectivity index (χ1n) is 8.36. The SMILES string of the molecule is CCCCC1CCC(C(=O)NC(C)(COC)C(=O)OC)CC1. The van der Waals surface area contributed by atoms with Crippen LogP contribution in [0.3, 0.4) is 0 Å². The molecule has 0 spiro atoms. The van der Waals surface area contributed by atoms with Crippen molar-refractivity contribution in [2.24, 2.45) is 11.8 Å². The first kappa shape index (κ1) is 18.9. The lowest BCUT2D eigenvalue weighted by molar-refractivity contribution is -0.153. The lowest BCUT2D eigenvalue weighted by atomic mass is 9.79. The number of hydrogen-bond acceptors (Lipinski definition) is 4. The zero-order valence-corrected chi connectivity index (χ0v) is 14.4. The second-order valence-electron chi connectivity index (χ2n) is 6.61. The van der Waals surface area contributed by atoms with Gasteiger partial charge in [-0.2, -0.15) is 0 Å². The van der Waals surface area contributed by atoms with Gasteiger partial charge in [-0.05, 0) is 38.5 Å². The van der Waals surface area contributed by atoms with Crippen molar-refractivity contribution in [2.75, 3.05) is 20.8 Å². The first-order valence-corrected chi connectivity index (χ1v) is 8.36. The molecule has 1 saturated carbocycles. The number of hydrogen-bond donors (Lipinski definition) is 1. The van der Waals surface area contributed by atoms with Gasteiger partial charge in [-0.25, -0.2) is 4.79 Å². The van der Waals surface area contributed by atoms with Gasteiger partial charge in [-0.3, -0.25) is 4.79 Å². The fraction of sp³-hybridized carbons (Fsp3) is 0.882. The molecular formula is C17H31NO4. The van der Waals surface area contributed by atoms with Crippen LogP contribution in [0, 0.1) is 11.8 Å². The van der Waals surface area contributed by atoms with Crippen molar-refractivity contribution < 1.29 is 19.1 Å². The highest BCUT2D eigenvalue weighted by Crippen LogP contribution is 2.32. The van der Waals surface area contributed by atoms with Crippen LogP contribution in [0.25, 0.3) is 0 Å². The molecule has 0 bridgehead atoms. The molecule has 1 aliphatic carbocycles. The molecule has 1 aliphatic rings. The summed E-state index contributed by atoms with van der Waals surface area (Å²) in [6.07, 6.45) is 7.81. The predicted octanol–water partition coefficient (Wildman–Crippen LogP) is 2.68. The summed E-state index contributed by atoms with van der Waals surface area (Å²) in [4.78, 5) is 24.4. The molecule has 1 amide bonds. The third-order valence-electron chi connectivity index (χ3n) is 4.65. The van der Waals surface area contributed by atoms with Crippen molar-refractivity contribution in [3.63, 3.8) is 0 Å². The minimum absolute atomic E-state index is 0.00119. The molecule has 5 heteroatoms. The second-order valence-corrected chi connectivity index (χ2v) is 6.61. The number of carbonyl (C=O) groups excluding carboxylic acids is 2. The summed E-state index contributed by atoms with van der Waals surface area (Å²) in [5.41, 5.74) is -1.11. The molecule has 0 heterocycles. The summed E-state index contributed by atoms with van der Waals surface area (Å²) in [7, 11) is 2.83. The fourth-order valence-corrected chi connectivity index (χ4v) is 3.24. The number of nitrogens with one attached hydrogen (secondary N) is 1. The summed E-state index contributed by atoms with van der Waals surface area (Å²) in [6.45, 7) is 3.97. The molecule has 1 atom stereocenters. The van der Waals surface area contributed by atoms with E-state index < -0.39 is 11.5 Å². The average Bonchev–Trinajstić information content (AvgIpc) is 2.52. The molecule has 0 aromatic heterocycles. The Morgan fingerprint density at radius 1 is 1.18 bits per heavy atom. The number of unbranched alkanes of at least 4 members (excludes halogenated alkanes) is 1. The summed E-state index contributed by atoms with van der Waals surface area (Å²) in [6, 6.07) is 0. The Hall–Kier alpha value is -1.10. The van der Waals surface area contributed by atoms with E-state index in [0.29, 0.717) is 0 Å². The van der Waals surface area contributed by atoms with Crippen LogP contribution in [0.15, 0.2) is 0 Å². The molecule has 1 N–H and O–H groups in total. The van der Waals surface area contributed by atoms with Crippen LogP contribution in [-0.2, 0) is 19.1 Å². The Kier molecular flexibility index (Phi) is 7.87. The van der Waals surface area contributed by atoms with Gasteiger partial charge in [0.2, 0.25) is 5.91 Å². The van der Waals surface area contributed by atoms with E-state index in [1.54, 1.807) is 6.92 Å². The second kappa shape index (κ2) is 9.13. The van der Waals surface area contributed by atoms with E-state index in [9.17, 15) is 9.59 Å². The zero-order valence-electron chi connectivity index (χ0n) is 14.4. The lowest BCUT2D eigenvalue weighted by Gasteiger charge is -2.32. The topological polar surface area (TPSA) is 64.6 Å². The summed E-state index contributed by atoms with van der Waals surface area (Å²) in [5.74, 6) is 0.229. The van der Waals surface area contributed by atoms with Crippen LogP contribution in [0.2, 0.25) is 0 Å². The Morgan fingerprint density at radius 3 is 2.32 bits per heavy atom. The number of carbonyl (C=O) groups is 2. The van der Waals surface area contributed by atoms with Gasteiger partial charge in [0.1, 0.15) is 0 Å².